The maximum atomic E-state index is 13.3. The van der Waals surface area contributed by atoms with E-state index in [1.54, 1.807) is 72.4 Å². The molecule has 9 nitrogen and oxygen atoms in total. The summed E-state index contributed by atoms with van der Waals surface area (Å²) in [6.07, 6.45) is 3.66. The highest BCUT2D eigenvalue weighted by Gasteiger charge is 2.31. The number of para-hydroxylation sites is 4. The van der Waals surface area contributed by atoms with Gasteiger partial charge >= 0.3 is 6.09 Å². The standard InChI is InChI=1S/C35H37N3O6S/c1-45-27-21-19-25(20-22-27)37-35(41)44-34(28-13-5-8-16-31(28)42-24-23-39)32(43-26-11-3-2-4-12-26)17-9-10-18-33(40)38-30-15-7-6-14-29(30)36/h2-8,10-16,18-22,32,34,39H,9,17,23-24,36H2,1H3,(H,37,41)(H,38,40)/b18-10+/t32-,34-/m0/s1. The number of hydrogen-bond donors (Lipinski definition) is 4. The number of anilines is 3. The quantitative estimate of drug-likeness (QED) is 0.0625. The van der Waals surface area contributed by atoms with E-state index in [1.165, 1.54) is 6.08 Å². The van der Waals surface area contributed by atoms with Gasteiger partial charge in [0.2, 0.25) is 5.91 Å². The topological polar surface area (TPSA) is 132 Å². The molecule has 234 valence electrons. The number of benzene rings is 4. The predicted molar refractivity (Wildman–Crippen MR) is 179 cm³/mol. The SMILES string of the molecule is CSc1ccc(NC(=O)O[C@@H](c2ccccc2OCCO)[C@H](CC/C=C/C(=O)Nc2ccccc2N)Oc2ccccc2)cc1. The number of rotatable bonds is 15. The second kappa shape index (κ2) is 17.4. The molecular weight excluding hydrogens is 590 g/mol. The Hall–Kier alpha value is -4.93. The average Bonchev–Trinajstić information content (AvgIpc) is 3.06. The molecule has 4 rings (SSSR count). The lowest BCUT2D eigenvalue weighted by Gasteiger charge is -2.29. The van der Waals surface area contributed by atoms with E-state index in [9.17, 15) is 14.7 Å². The predicted octanol–water partition coefficient (Wildman–Crippen LogP) is 7.07. The van der Waals surface area contributed by atoms with Crippen molar-refractivity contribution in [2.75, 3.05) is 35.8 Å². The maximum absolute atomic E-state index is 13.3. The minimum absolute atomic E-state index is 0.0612. The Balaban J connectivity index is 1.58. The number of hydrogen-bond acceptors (Lipinski definition) is 8. The molecule has 0 bridgehead atoms. The molecule has 4 aromatic rings. The fourth-order valence-electron chi connectivity index (χ4n) is 4.46. The summed E-state index contributed by atoms with van der Waals surface area (Å²) in [6, 6.07) is 30.8. The van der Waals surface area contributed by atoms with Gasteiger partial charge in [-0.2, -0.15) is 0 Å². The van der Waals surface area contributed by atoms with Gasteiger partial charge in [0, 0.05) is 16.1 Å². The minimum atomic E-state index is -0.920. The number of nitrogens with one attached hydrogen (secondary N) is 2. The highest BCUT2D eigenvalue weighted by atomic mass is 32.2. The van der Waals surface area contributed by atoms with Crippen molar-refractivity contribution in [1.82, 2.24) is 0 Å². The summed E-state index contributed by atoms with van der Waals surface area (Å²) in [5.74, 6) is 0.709. The van der Waals surface area contributed by atoms with E-state index in [4.69, 9.17) is 19.9 Å². The number of ether oxygens (including phenoxy) is 3. The lowest BCUT2D eigenvalue weighted by atomic mass is 9.99. The molecule has 2 amide bonds. The van der Waals surface area contributed by atoms with Crippen LogP contribution in [0.5, 0.6) is 11.5 Å². The summed E-state index contributed by atoms with van der Waals surface area (Å²) < 4.78 is 18.3. The Kier molecular flexibility index (Phi) is 12.7. The summed E-state index contributed by atoms with van der Waals surface area (Å²) >= 11 is 1.60. The Labute approximate surface area is 267 Å². The van der Waals surface area contributed by atoms with Gasteiger partial charge in [0.1, 0.15) is 24.2 Å². The molecule has 0 radical (unpaired) electrons. The molecule has 0 fully saturated rings. The van der Waals surface area contributed by atoms with Crippen LogP contribution in [0.15, 0.2) is 120 Å². The molecule has 0 unspecified atom stereocenters. The van der Waals surface area contributed by atoms with E-state index in [2.05, 4.69) is 10.6 Å². The second-order valence-corrected chi connectivity index (χ2v) is 10.7. The molecule has 0 aliphatic carbocycles. The lowest BCUT2D eigenvalue weighted by molar-refractivity contribution is -0.111. The van der Waals surface area contributed by atoms with Crippen LogP contribution in [-0.2, 0) is 9.53 Å². The molecule has 45 heavy (non-hydrogen) atoms. The number of aliphatic hydroxyl groups is 1. The number of carbonyl (C=O) groups is 2. The van der Waals surface area contributed by atoms with Gasteiger partial charge in [0.25, 0.3) is 0 Å². The van der Waals surface area contributed by atoms with Gasteiger partial charge in [-0.3, -0.25) is 10.1 Å². The first-order chi connectivity index (χ1) is 22.0. The number of amides is 2. The highest BCUT2D eigenvalue weighted by molar-refractivity contribution is 7.98. The first kappa shape index (κ1) is 33.0. The zero-order valence-electron chi connectivity index (χ0n) is 24.9. The van der Waals surface area contributed by atoms with Crippen LogP contribution in [0.1, 0.15) is 24.5 Å². The van der Waals surface area contributed by atoms with Gasteiger partial charge in [0.15, 0.2) is 6.10 Å². The molecule has 0 saturated carbocycles. The smallest absolute Gasteiger partial charge is 0.412 e. The van der Waals surface area contributed by atoms with Crippen molar-refractivity contribution in [2.24, 2.45) is 0 Å². The van der Waals surface area contributed by atoms with Crippen LogP contribution in [0.2, 0.25) is 0 Å². The molecule has 10 heteroatoms. The van der Waals surface area contributed by atoms with E-state index in [1.807, 2.05) is 54.8 Å². The van der Waals surface area contributed by atoms with E-state index >= 15 is 0 Å². The molecule has 0 aromatic heterocycles. The number of thioether (sulfide) groups is 1. The molecule has 0 spiro atoms. The Morgan fingerprint density at radius 3 is 2.36 bits per heavy atom. The number of nitrogen functional groups attached to an aromatic ring is 1. The van der Waals surface area contributed by atoms with E-state index in [-0.39, 0.29) is 19.1 Å². The van der Waals surface area contributed by atoms with Crippen LogP contribution < -0.4 is 25.8 Å². The van der Waals surface area contributed by atoms with Crippen LogP contribution in [0, 0.1) is 0 Å². The molecule has 0 saturated heterocycles. The van der Waals surface area contributed by atoms with Gasteiger partial charge in [-0.05, 0) is 79.8 Å². The third-order valence-corrected chi connectivity index (χ3v) is 7.36. The van der Waals surface area contributed by atoms with Crippen molar-refractivity contribution in [3.63, 3.8) is 0 Å². The fraction of sp³-hybridized carbons (Fsp3) is 0.200. The summed E-state index contributed by atoms with van der Waals surface area (Å²) in [4.78, 5) is 26.9. The summed E-state index contributed by atoms with van der Waals surface area (Å²) in [7, 11) is 0. The van der Waals surface area contributed by atoms with Crippen molar-refractivity contribution in [3.8, 4) is 11.5 Å². The third-order valence-electron chi connectivity index (χ3n) is 6.62. The summed E-state index contributed by atoms with van der Waals surface area (Å²) in [5, 5.41) is 15.0. The number of aliphatic hydroxyl groups excluding tert-OH is 1. The van der Waals surface area contributed by atoms with Crippen molar-refractivity contribution in [2.45, 2.75) is 29.9 Å². The van der Waals surface area contributed by atoms with Crippen LogP contribution in [0.4, 0.5) is 21.9 Å². The molecule has 2 atom stereocenters. The van der Waals surface area contributed by atoms with Gasteiger partial charge in [0.05, 0.1) is 18.0 Å². The van der Waals surface area contributed by atoms with Gasteiger partial charge in [-0.15, -0.1) is 11.8 Å². The molecule has 0 aliphatic heterocycles. The van der Waals surface area contributed by atoms with E-state index in [0.717, 1.165) is 4.90 Å². The van der Waals surface area contributed by atoms with E-state index in [0.29, 0.717) is 47.0 Å². The zero-order chi connectivity index (χ0) is 31.9. The molecule has 4 aromatic carbocycles. The lowest BCUT2D eigenvalue weighted by Crippen LogP contribution is -2.31. The number of allylic oxidation sites excluding steroid dienone is 1. The summed E-state index contributed by atoms with van der Waals surface area (Å²) in [5.41, 5.74) is 8.09. The van der Waals surface area contributed by atoms with Gasteiger partial charge in [-0.25, -0.2) is 4.79 Å². The summed E-state index contributed by atoms with van der Waals surface area (Å²) in [6.45, 7) is -0.122. The Bertz CT molecular complexity index is 1550. The molecular formula is C35H37N3O6S. The molecule has 0 heterocycles. The van der Waals surface area contributed by atoms with Crippen molar-refractivity contribution in [1.29, 1.82) is 0 Å². The number of nitrogens with two attached hydrogens (primary N) is 1. The van der Waals surface area contributed by atoms with E-state index < -0.39 is 18.3 Å². The minimum Gasteiger partial charge on any atom is -0.491 e. The molecule has 0 aliphatic rings. The fourth-order valence-corrected chi connectivity index (χ4v) is 4.87. The van der Waals surface area contributed by atoms with Crippen molar-refractivity contribution >= 4 is 40.8 Å². The second-order valence-electron chi connectivity index (χ2n) is 9.81. The van der Waals surface area contributed by atoms with Crippen LogP contribution in [0.3, 0.4) is 0 Å². The zero-order valence-corrected chi connectivity index (χ0v) is 25.7. The monoisotopic (exact) mass is 627 g/mol. The molecule has 5 N–H and O–H groups in total. The van der Waals surface area contributed by atoms with Crippen LogP contribution >= 0.6 is 11.8 Å². The van der Waals surface area contributed by atoms with Crippen LogP contribution in [0.25, 0.3) is 0 Å². The van der Waals surface area contributed by atoms with Crippen molar-refractivity contribution in [3.05, 3.63) is 121 Å². The van der Waals surface area contributed by atoms with Gasteiger partial charge in [-0.1, -0.05) is 54.6 Å². The van der Waals surface area contributed by atoms with Crippen LogP contribution in [-0.4, -0.2) is 42.7 Å². The third kappa shape index (κ3) is 10.3. The largest absolute Gasteiger partial charge is 0.491 e. The highest BCUT2D eigenvalue weighted by Crippen LogP contribution is 2.35. The first-order valence-electron chi connectivity index (χ1n) is 14.4. The Morgan fingerprint density at radius 2 is 1.62 bits per heavy atom. The van der Waals surface area contributed by atoms with Crippen molar-refractivity contribution < 1.29 is 28.9 Å². The maximum Gasteiger partial charge on any atom is 0.412 e. The average molecular weight is 628 g/mol. The normalized spacial score (nSPS) is 12.2. The first-order valence-corrected chi connectivity index (χ1v) is 15.7. The Morgan fingerprint density at radius 1 is 0.911 bits per heavy atom. The van der Waals surface area contributed by atoms with Gasteiger partial charge < -0.3 is 30.4 Å². The number of carbonyl (C=O) groups excluding carboxylic acids is 2.